The Labute approximate surface area is 154 Å². The minimum Gasteiger partial charge on any atom is -0.351 e. The van der Waals surface area contributed by atoms with Gasteiger partial charge in [0.05, 0.1) is 22.8 Å². The zero-order valence-electron chi connectivity index (χ0n) is 14.3. The van der Waals surface area contributed by atoms with Crippen LogP contribution in [0.2, 0.25) is 0 Å². The van der Waals surface area contributed by atoms with Gasteiger partial charge in [-0.3, -0.25) is 9.59 Å². The van der Waals surface area contributed by atoms with E-state index in [2.05, 4.69) is 10.3 Å². The Bertz CT molecular complexity index is 825. The van der Waals surface area contributed by atoms with Crippen molar-refractivity contribution < 1.29 is 18.4 Å². The van der Waals surface area contributed by atoms with Gasteiger partial charge in [0, 0.05) is 37.4 Å². The van der Waals surface area contributed by atoms with Crippen LogP contribution in [0.5, 0.6) is 0 Å². The molecule has 26 heavy (non-hydrogen) atoms. The summed E-state index contributed by atoms with van der Waals surface area (Å²) in [6.45, 7) is 2.81. The number of hydrogen-bond donors (Lipinski definition) is 1. The summed E-state index contributed by atoms with van der Waals surface area (Å²) >= 11 is 1.50. The second kappa shape index (κ2) is 7.90. The van der Waals surface area contributed by atoms with Crippen LogP contribution in [-0.4, -0.2) is 34.8 Å². The molecule has 1 aromatic carbocycles. The number of likely N-dealkylation sites (tertiary alicyclic amines) is 1. The van der Waals surface area contributed by atoms with Crippen molar-refractivity contribution in [1.29, 1.82) is 0 Å². The number of carbonyl (C=O) groups is 2. The molecular formula is C18H19F2N3O2S. The van der Waals surface area contributed by atoms with Crippen LogP contribution in [0.1, 0.15) is 46.7 Å². The van der Waals surface area contributed by atoms with Crippen molar-refractivity contribution in [3.8, 4) is 0 Å². The maximum Gasteiger partial charge on any atom is 0.256 e. The molecule has 0 spiro atoms. The minimum absolute atomic E-state index is 0.0762. The number of nitrogens with one attached hydrogen (secondary N) is 1. The zero-order chi connectivity index (χ0) is 18.7. The number of hydrogen-bond acceptors (Lipinski definition) is 4. The van der Waals surface area contributed by atoms with Crippen molar-refractivity contribution in [1.82, 2.24) is 15.2 Å². The highest BCUT2D eigenvalue weighted by Crippen LogP contribution is 2.30. The number of carbonyl (C=O) groups excluding carboxylic acids is 2. The number of halogens is 2. The van der Waals surface area contributed by atoms with E-state index in [1.165, 1.54) is 24.3 Å². The molecule has 0 bridgehead atoms. The summed E-state index contributed by atoms with van der Waals surface area (Å²) in [7, 11) is 0. The zero-order valence-corrected chi connectivity index (χ0v) is 15.1. The van der Waals surface area contributed by atoms with E-state index in [1.54, 1.807) is 4.90 Å². The normalized spacial score (nSPS) is 17.2. The molecule has 2 aromatic rings. The highest BCUT2D eigenvalue weighted by molar-refractivity contribution is 7.09. The van der Waals surface area contributed by atoms with Gasteiger partial charge >= 0.3 is 0 Å². The average molecular weight is 379 g/mol. The monoisotopic (exact) mass is 379 g/mol. The molecule has 2 heterocycles. The Balaban J connectivity index is 1.69. The first-order valence-corrected chi connectivity index (χ1v) is 9.25. The molecule has 1 unspecified atom stereocenters. The third-order valence-electron chi connectivity index (χ3n) is 4.31. The molecule has 1 N–H and O–H groups in total. The van der Waals surface area contributed by atoms with Gasteiger partial charge in [0.2, 0.25) is 5.91 Å². The van der Waals surface area contributed by atoms with Crippen molar-refractivity contribution in [2.75, 3.05) is 13.1 Å². The van der Waals surface area contributed by atoms with Crippen molar-refractivity contribution >= 4 is 23.2 Å². The Hall–Kier alpha value is -2.35. The Morgan fingerprint density at radius 3 is 2.92 bits per heavy atom. The highest BCUT2D eigenvalue weighted by Gasteiger charge is 2.28. The summed E-state index contributed by atoms with van der Waals surface area (Å²) in [5, 5.41) is 5.51. The largest absolute Gasteiger partial charge is 0.351 e. The van der Waals surface area contributed by atoms with Gasteiger partial charge in [0.15, 0.2) is 0 Å². The number of thiazole rings is 1. The number of aromatic nitrogens is 1. The topological polar surface area (TPSA) is 62.3 Å². The van der Waals surface area contributed by atoms with Crippen molar-refractivity contribution in [2.24, 2.45) is 0 Å². The van der Waals surface area contributed by atoms with Crippen LogP contribution in [0.25, 0.3) is 0 Å². The van der Waals surface area contributed by atoms with E-state index < -0.39 is 17.5 Å². The molecule has 0 radical (unpaired) electrons. The molecule has 1 aliphatic rings. The van der Waals surface area contributed by atoms with Gasteiger partial charge in [-0.25, -0.2) is 13.8 Å². The lowest BCUT2D eigenvalue weighted by Gasteiger charge is -2.32. The van der Waals surface area contributed by atoms with Crippen LogP contribution < -0.4 is 5.32 Å². The van der Waals surface area contributed by atoms with Crippen LogP contribution >= 0.6 is 11.3 Å². The lowest BCUT2D eigenvalue weighted by molar-refractivity contribution is -0.119. The van der Waals surface area contributed by atoms with Gasteiger partial charge in [-0.2, -0.15) is 0 Å². The van der Waals surface area contributed by atoms with Gasteiger partial charge in [-0.05, 0) is 25.0 Å². The standard InChI is InChI=1S/C18H19F2N3O2S/c1-11(24)21-8-14-10-26-17(22-14)12-3-2-6-23(9-12)18(25)15-5-4-13(19)7-16(15)20/h4-5,7,10,12H,2-3,6,8-9H2,1H3,(H,21,24). The first kappa shape index (κ1) is 18.4. The van der Waals surface area contributed by atoms with Crippen LogP contribution in [0.4, 0.5) is 8.78 Å². The molecule has 5 nitrogen and oxygen atoms in total. The molecule has 1 saturated heterocycles. The third-order valence-corrected chi connectivity index (χ3v) is 5.36. The van der Waals surface area contributed by atoms with Gasteiger partial charge in [-0.1, -0.05) is 0 Å². The smallest absolute Gasteiger partial charge is 0.256 e. The second-order valence-electron chi connectivity index (χ2n) is 6.30. The predicted molar refractivity (Wildman–Crippen MR) is 93.9 cm³/mol. The molecular weight excluding hydrogens is 360 g/mol. The summed E-state index contributed by atoms with van der Waals surface area (Å²) < 4.78 is 27.0. The molecule has 0 aliphatic carbocycles. The van der Waals surface area contributed by atoms with Crippen LogP contribution in [0, 0.1) is 11.6 Å². The molecule has 0 saturated carbocycles. The number of piperidine rings is 1. The van der Waals surface area contributed by atoms with E-state index in [1.807, 2.05) is 5.38 Å². The second-order valence-corrected chi connectivity index (χ2v) is 7.19. The lowest BCUT2D eigenvalue weighted by Crippen LogP contribution is -2.39. The summed E-state index contributed by atoms with van der Waals surface area (Å²) in [5.74, 6) is -2.01. The number of nitrogens with zero attached hydrogens (tertiary/aromatic N) is 2. The number of amides is 2. The van der Waals surface area contributed by atoms with E-state index in [9.17, 15) is 18.4 Å². The van der Waals surface area contributed by atoms with E-state index in [4.69, 9.17) is 0 Å². The summed E-state index contributed by atoms with van der Waals surface area (Å²) in [5.41, 5.74) is 0.672. The van der Waals surface area contributed by atoms with Gasteiger partial charge in [-0.15, -0.1) is 11.3 Å². The molecule has 1 atom stereocenters. The minimum atomic E-state index is -0.844. The van der Waals surface area contributed by atoms with Crippen molar-refractivity contribution in [2.45, 2.75) is 32.2 Å². The highest BCUT2D eigenvalue weighted by atomic mass is 32.1. The quantitative estimate of drug-likeness (QED) is 0.888. The molecule has 1 fully saturated rings. The van der Waals surface area contributed by atoms with E-state index in [-0.39, 0.29) is 17.4 Å². The van der Waals surface area contributed by atoms with Crippen LogP contribution in [0.15, 0.2) is 23.6 Å². The molecule has 1 aromatic heterocycles. The molecule has 2 amide bonds. The fourth-order valence-corrected chi connectivity index (χ4v) is 3.95. The van der Waals surface area contributed by atoms with Gasteiger partial charge in [0.1, 0.15) is 11.6 Å². The summed E-state index contributed by atoms with van der Waals surface area (Å²) in [6.07, 6.45) is 1.68. The van der Waals surface area contributed by atoms with Gasteiger partial charge in [0.25, 0.3) is 5.91 Å². The number of benzene rings is 1. The number of rotatable bonds is 4. The fraction of sp³-hybridized carbons (Fsp3) is 0.389. The average Bonchev–Trinajstić information content (AvgIpc) is 3.09. The van der Waals surface area contributed by atoms with E-state index in [0.29, 0.717) is 19.6 Å². The van der Waals surface area contributed by atoms with Crippen molar-refractivity contribution in [3.63, 3.8) is 0 Å². The fourth-order valence-electron chi connectivity index (χ4n) is 3.00. The SMILES string of the molecule is CC(=O)NCc1csc(C2CCCN(C(=O)c3ccc(F)cc3F)C2)n1. The molecule has 3 rings (SSSR count). The summed E-state index contributed by atoms with van der Waals surface area (Å²) in [4.78, 5) is 29.7. The Morgan fingerprint density at radius 1 is 1.38 bits per heavy atom. The first-order valence-electron chi connectivity index (χ1n) is 8.37. The van der Waals surface area contributed by atoms with Gasteiger partial charge < -0.3 is 10.2 Å². The summed E-state index contributed by atoms with van der Waals surface area (Å²) in [6, 6.07) is 3.00. The Kier molecular flexibility index (Phi) is 5.61. The van der Waals surface area contributed by atoms with E-state index >= 15 is 0 Å². The third kappa shape index (κ3) is 4.24. The Morgan fingerprint density at radius 2 is 2.19 bits per heavy atom. The van der Waals surface area contributed by atoms with Crippen molar-refractivity contribution in [3.05, 3.63) is 51.5 Å². The first-order chi connectivity index (χ1) is 12.4. The molecule has 8 heteroatoms. The molecule has 1 aliphatic heterocycles. The maximum atomic E-state index is 13.9. The lowest BCUT2D eigenvalue weighted by atomic mass is 9.98. The van der Waals surface area contributed by atoms with Crippen LogP contribution in [-0.2, 0) is 11.3 Å². The maximum absolute atomic E-state index is 13.9. The predicted octanol–water partition coefficient (Wildman–Crippen LogP) is 3.08. The van der Waals surface area contributed by atoms with Crippen LogP contribution in [0.3, 0.4) is 0 Å². The molecule has 138 valence electrons. The van der Waals surface area contributed by atoms with E-state index in [0.717, 1.165) is 35.7 Å².